The van der Waals surface area contributed by atoms with Crippen LogP contribution in [-0.4, -0.2) is 16.9 Å². The minimum atomic E-state index is -0.867. The monoisotopic (exact) mass is 304 g/mol. The normalized spacial score (nSPS) is 11.5. The van der Waals surface area contributed by atoms with Crippen molar-refractivity contribution >= 4 is 23.5 Å². The highest BCUT2D eigenvalue weighted by atomic mass is 35.5. The number of nitrogens with zero attached hydrogens (tertiary/aromatic N) is 1. The molecule has 0 saturated carbocycles. The van der Waals surface area contributed by atoms with Crippen LogP contribution in [0.5, 0.6) is 0 Å². The molecule has 0 radical (unpaired) electrons. The molecule has 1 unspecified atom stereocenters. The molecule has 2 aromatic rings. The number of amides is 1. The Morgan fingerprint density at radius 3 is 2.33 bits per heavy atom. The molecule has 0 bridgehead atoms. The van der Waals surface area contributed by atoms with Crippen LogP contribution in [0.4, 0.5) is 0 Å². The summed E-state index contributed by atoms with van der Waals surface area (Å²) in [5, 5.41) is 3.19. The number of ether oxygens (including phenoxy) is 1. The lowest BCUT2D eigenvalue weighted by Crippen LogP contribution is -2.31. The molecular formula is C15H13ClN2O3. The van der Waals surface area contributed by atoms with E-state index in [0.717, 1.165) is 0 Å². The fourth-order valence-corrected chi connectivity index (χ4v) is 1.81. The molecule has 1 aromatic heterocycles. The van der Waals surface area contributed by atoms with Gasteiger partial charge in [0, 0.05) is 35.5 Å². The molecule has 0 aliphatic heterocycles. The second kappa shape index (κ2) is 6.85. The average molecular weight is 305 g/mol. The van der Waals surface area contributed by atoms with Crippen LogP contribution in [0.3, 0.4) is 0 Å². The van der Waals surface area contributed by atoms with Crippen molar-refractivity contribution in [2.24, 2.45) is 0 Å². The number of aromatic nitrogens is 1. The second-order valence-corrected chi connectivity index (χ2v) is 4.69. The van der Waals surface area contributed by atoms with E-state index in [1.54, 1.807) is 48.8 Å². The van der Waals surface area contributed by atoms with Gasteiger partial charge in [-0.2, -0.15) is 0 Å². The number of esters is 1. The quantitative estimate of drug-likeness (QED) is 0.696. The minimum Gasteiger partial charge on any atom is -0.437 e. The highest BCUT2D eigenvalue weighted by Crippen LogP contribution is 2.15. The summed E-state index contributed by atoms with van der Waals surface area (Å²) in [6.45, 7) is 1.28. The number of hydrogen-bond acceptors (Lipinski definition) is 4. The molecule has 0 spiro atoms. The van der Waals surface area contributed by atoms with Gasteiger partial charge in [0.25, 0.3) is 5.91 Å². The molecule has 2 rings (SSSR count). The molecule has 0 aliphatic rings. The number of pyridine rings is 1. The van der Waals surface area contributed by atoms with E-state index in [4.69, 9.17) is 16.3 Å². The minimum absolute atomic E-state index is 0.366. The summed E-state index contributed by atoms with van der Waals surface area (Å²) in [5.41, 5.74) is 1.05. The molecule has 1 amide bonds. The first-order valence-electron chi connectivity index (χ1n) is 6.20. The third kappa shape index (κ3) is 4.29. The summed E-state index contributed by atoms with van der Waals surface area (Å²) in [5.74, 6) is -0.858. The summed E-state index contributed by atoms with van der Waals surface area (Å²) in [7, 11) is 0. The fourth-order valence-electron chi connectivity index (χ4n) is 1.69. The van der Waals surface area contributed by atoms with E-state index < -0.39 is 12.2 Å². The Bertz CT molecular complexity index is 629. The van der Waals surface area contributed by atoms with Crippen molar-refractivity contribution in [2.45, 2.75) is 13.2 Å². The van der Waals surface area contributed by atoms with Gasteiger partial charge in [-0.3, -0.25) is 14.6 Å². The van der Waals surface area contributed by atoms with Crippen molar-refractivity contribution in [1.29, 1.82) is 0 Å². The summed E-state index contributed by atoms with van der Waals surface area (Å²) < 4.78 is 5.13. The van der Waals surface area contributed by atoms with E-state index in [2.05, 4.69) is 10.3 Å². The maximum atomic E-state index is 12.2. The van der Waals surface area contributed by atoms with Crippen molar-refractivity contribution < 1.29 is 14.3 Å². The highest BCUT2D eigenvalue weighted by molar-refractivity contribution is 6.30. The Morgan fingerprint density at radius 1 is 1.14 bits per heavy atom. The van der Waals surface area contributed by atoms with E-state index in [9.17, 15) is 9.59 Å². The zero-order valence-corrected chi connectivity index (χ0v) is 12.0. The maximum absolute atomic E-state index is 12.2. The Kier molecular flexibility index (Phi) is 4.90. The van der Waals surface area contributed by atoms with Gasteiger partial charge in [0.2, 0.25) is 6.23 Å². The molecule has 21 heavy (non-hydrogen) atoms. The fraction of sp³-hybridized carbons (Fsp3) is 0.133. The van der Waals surface area contributed by atoms with Crippen LogP contribution in [0, 0.1) is 0 Å². The van der Waals surface area contributed by atoms with Gasteiger partial charge < -0.3 is 10.1 Å². The maximum Gasteiger partial charge on any atom is 0.304 e. The van der Waals surface area contributed by atoms with Gasteiger partial charge in [0.05, 0.1) is 0 Å². The van der Waals surface area contributed by atoms with E-state index in [1.165, 1.54) is 6.92 Å². The van der Waals surface area contributed by atoms with Gasteiger partial charge in [0.15, 0.2) is 0 Å². The molecule has 6 heteroatoms. The lowest BCUT2D eigenvalue weighted by Gasteiger charge is -2.18. The van der Waals surface area contributed by atoms with E-state index >= 15 is 0 Å². The zero-order valence-electron chi connectivity index (χ0n) is 11.2. The average Bonchev–Trinajstić information content (AvgIpc) is 2.47. The van der Waals surface area contributed by atoms with Crippen LogP contribution in [0.1, 0.15) is 29.1 Å². The third-order valence-corrected chi connectivity index (χ3v) is 2.91. The molecular weight excluding hydrogens is 292 g/mol. The first-order chi connectivity index (χ1) is 10.1. The van der Waals surface area contributed by atoms with E-state index in [1.807, 2.05) is 0 Å². The van der Waals surface area contributed by atoms with Gasteiger partial charge in [-0.05, 0) is 36.4 Å². The smallest absolute Gasteiger partial charge is 0.304 e. The third-order valence-electron chi connectivity index (χ3n) is 2.66. The van der Waals surface area contributed by atoms with Crippen molar-refractivity contribution in [3.8, 4) is 0 Å². The molecule has 0 saturated heterocycles. The Balaban J connectivity index is 2.17. The van der Waals surface area contributed by atoms with E-state index in [-0.39, 0.29) is 5.91 Å². The lowest BCUT2D eigenvalue weighted by atomic mass is 10.2. The summed E-state index contributed by atoms with van der Waals surface area (Å²) >= 11 is 5.78. The van der Waals surface area contributed by atoms with Crippen LogP contribution < -0.4 is 5.32 Å². The SMILES string of the molecule is CC(=O)OC(NC(=O)c1ccc(Cl)cc1)c1ccncc1. The Hall–Kier alpha value is -2.40. The topological polar surface area (TPSA) is 68.3 Å². The summed E-state index contributed by atoms with van der Waals surface area (Å²) in [4.78, 5) is 27.2. The Morgan fingerprint density at radius 2 is 1.76 bits per heavy atom. The van der Waals surface area contributed by atoms with Crippen molar-refractivity contribution in [3.05, 3.63) is 64.9 Å². The number of carbonyl (C=O) groups is 2. The number of rotatable bonds is 4. The largest absolute Gasteiger partial charge is 0.437 e. The predicted octanol–water partition coefficient (Wildman–Crippen LogP) is 2.73. The number of hydrogen-bond donors (Lipinski definition) is 1. The number of halogens is 1. The van der Waals surface area contributed by atoms with Crippen LogP contribution in [-0.2, 0) is 9.53 Å². The molecule has 1 heterocycles. The number of carbonyl (C=O) groups excluding carboxylic acids is 2. The van der Waals surface area contributed by atoms with Crippen molar-refractivity contribution in [2.75, 3.05) is 0 Å². The molecule has 1 atom stereocenters. The lowest BCUT2D eigenvalue weighted by molar-refractivity contribution is -0.147. The Labute approximate surface area is 126 Å². The molecule has 108 valence electrons. The van der Waals surface area contributed by atoms with Gasteiger partial charge >= 0.3 is 5.97 Å². The number of benzene rings is 1. The van der Waals surface area contributed by atoms with Crippen LogP contribution in [0.25, 0.3) is 0 Å². The van der Waals surface area contributed by atoms with Crippen LogP contribution >= 0.6 is 11.6 Å². The second-order valence-electron chi connectivity index (χ2n) is 4.25. The van der Waals surface area contributed by atoms with Crippen molar-refractivity contribution in [3.63, 3.8) is 0 Å². The standard InChI is InChI=1S/C15H13ClN2O3/c1-10(19)21-15(12-6-8-17-9-7-12)18-14(20)11-2-4-13(16)5-3-11/h2-9,15H,1H3,(H,18,20). The molecule has 0 fully saturated rings. The molecule has 1 aromatic carbocycles. The van der Waals surface area contributed by atoms with Gasteiger partial charge in [-0.1, -0.05) is 11.6 Å². The van der Waals surface area contributed by atoms with Crippen LogP contribution in [0.15, 0.2) is 48.8 Å². The molecule has 1 N–H and O–H groups in total. The van der Waals surface area contributed by atoms with Crippen LogP contribution in [0.2, 0.25) is 5.02 Å². The molecule has 0 aliphatic carbocycles. The first-order valence-corrected chi connectivity index (χ1v) is 6.57. The molecule has 5 nitrogen and oxygen atoms in total. The highest BCUT2D eigenvalue weighted by Gasteiger charge is 2.18. The zero-order chi connectivity index (χ0) is 15.2. The summed E-state index contributed by atoms with van der Waals surface area (Å²) in [6, 6.07) is 9.74. The van der Waals surface area contributed by atoms with Crippen molar-refractivity contribution in [1.82, 2.24) is 10.3 Å². The number of nitrogens with one attached hydrogen (secondary N) is 1. The van der Waals surface area contributed by atoms with Gasteiger partial charge in [0.1, 0.15) is 0 Å². The first kappa shape index (κ1) is 15.0. The predicted molar refractivity (Wildman–Crippen MR) is 77.7 cm³/mol. The summed E-state index contributed by atoms with van der Waals surface area (Å²) in [6.07, 6.45) is 2.24. The van der Waals surface area contributed by atoms with Gasteiger partial charge in [-0.25, -0.2) is 0 Å². The van der Waals surface area contributed by atoms with Gasteiger partial charge in [-0.15, -0.1) is 0 Å². The van der Waals surface area contributed by atoms with E-state index in [0.29, 0.717) is 16.1 Å².